The highest BCUT2D eigenvalue weighted by Crippen LogP contribution is 2.32. The summed E-state index contributed by atoms with van der Waals surface area (Å²) in [6.45, 7) is 9.14. The summed E-state index contributed by atoms with van der Waals surface area (Å²) in [5, 5.41) is 6.15. The molecular formula is C24H29N5O2S2. The summed E-state index contributed by atoms with van der Waals surface area (Å²) < 4.78 is 0. The molecule has 3 heterocycles. The predicted octanol–water partition coefficient (Wildman–Crippen LogP) is 3.52. The van der Waals surface area contributed by atoms with Crippen LogP contribution >= 0.6 is 22.7 Å². The number of nitrogens with one attached hydrogen (secondary N) is 1. The van der Waals surface area contributed by atoms with E-state index < -0.39 is 5.91 Å². The molecule has 3 aromatic rings. The SMILES string of the molecule is Cc1sc(NC(=O)Cc2csc(-c3ccc(CN4CCN(C)CC4)cc3)n2)c(C(N)=O)c1C. The molecule has 0 spiro atoms. The Morgan fingerprint density at radius 3 is 2.48 bits per heavy atom. The van der Waals surface area contributed by atoms with Gasteiger partial charge >= 0.3 is 0 Å². The van der Waals surface area contributed by atoms with Gasteiger partial charge in [-0.1, -0.05) is 24.3 Å². The maximum absolute atomic E-state index is 12.6. The topological polar surface area (TPSA) is 91.6 Å². The molecule has 0 bridgehead atoms. The lowest BCUT2D eigenvalue weighted by Crippen LogP contribution is -2.43. The average Bonchev–Trinajstić information content (AvgIpc) is 3.34. The number of primary amides is 1. The summed E-state index contributed by atoms with van der Waals surface area (Å²) in [6.07, 6.45) is 0.145. The van der Waals surface area contributed by atoms with Crippen LogP contribution in [0.2, 0.25) is 0 Å². The van der Waals surface area contributed by atoms with E-state index in [0.717, 1.165) is 53.7 Å². The molecule has 0 aliphatic carbocycles. The molecular weight excluding hydrogens is 454 g/mol. The fourth-order valence-electron chi connectivity index (χ4n) is 3.88. The summed E-state index contributed by atoms with van der Waals surface area (Å²) in [5.74, 6) is -0.739. The molecule has 1 aromatic carbocycles. The molecule has 1 fully saturated rings. The van der Waals surface area contributed by atoms with Gasteiger partial charge in [0, 0.05) is 48.5 Å². The number of anilines is 1. The van der Waals surface area contributed by atoms with Crippen molar-refractivity contribution >= 4 is 39.5 Å². The lowest BCUT2D eigenvalue weighted by atomic mass is 10.1. The Hall–Kier alpha value is -2.59. The van der Waals surface area contributed by atoms with E-state index >= 15 is 0 Å². The number of carbonyl (C=O) groups excluding carboxylic acids is 2. The first-order valence-corrected chi connectivity index (χ1v) is 12.6. The van der Waals surface area contributed by atoms with Crippen LogP contribution in [0, 0.1) is 13.8 Å². The smallest absolute Gasteiger partial charge is 0.251 e. The molecule has 2 aromatic heterocycles. The second-order valence-electron chi connectivity index (χ2n) is 8.50. The van der Waals surface area contributed by atoms with Crippen molar-refractivity contribution in [2.24, 2.45) is 5.73 Å². The van der Waals surface area contributed by atoms with E-state index in [2.05, 4.69) is 51.4 Å². The minimum atomic E-state index is -0.529. The second-order valence-corrected chi connectivity index (χ2v) is 10.6. The fraction of sp³-hybridized carbons (Fsp3) is 0.375. The summed E-state index contributed by atoms with van der Waals surface area (Å²) in [6, 6.07) is 8.53. The Balaban J connectivity index is 1.36. The number of aromatic nitrogens is 1. The lowest BCUT2D eigenvalue weighted by molar-refractivity contribution is -0.115. The Morgan fingerprint density at radius 1 is 1.12 bits per heavy atom. The lowest BCUT2D eigenvalue weighted by Gasteiger charge is -2.32. The minimum absolute atomic E-state index is 0.145. The van der Waals surface area contributed by atoms with Crippen LogP contribution in [0.1, 0.15) is 32.1 Å². The van der Waals surface area contributed by atoms with Gasteiger partial charge in [0.25, 0.3) is 5.91 Å². The van der Waals surface area contributed by atoms with Gasteiger partial charge in [0.15, 0.2) is 0 Å². The number of hydrogen-bond acceptors (Lipinski definition) is 7. The average molecular weight is 484 g/mol. The number of thiophene rings is 1. The van der Waals surface area contributed by atoms with E-state index in [1.165, 1.54) is 28.2 Å². The van der Waals surface area contributed by atoms with Crippen molar-refractivity contribution in [1.82, 2.24) is 14.8 Å². The van der Waals surface area contributed by atoms with Crippen molar-refractivity contribution in [2.75, 3.05) is 38.5 Å². The van der Waals surface area contributed by atoms with Gasteiger partial charge in [-0.3, -0.25) is 14.5 Å². The van der Waals surface area contributed by atoms with E-state index in [-0.39, 0.29) is 12.3 Å². The number of nitrogens with two attached hydrogens (primary N) is 1. The Bertz CT molecular complexity index is 1140. The zero-order valence-corrected chi connectivity index (χ0v) is 20.8. The van der Waals surface area contributed by atoms with E-state index in [1.807, 2.05) is 19.2 Å². The number of benzene rings is 1. The van der Waals surface area contributed by atoms with Crippen LogP contribution in [-0.4, -0.2) is 59.8 Å². The Labute approximate surface area is 202 Å². The fourth-order valence-corrected chi connectivity index (χ4v) is 5.79. The van der Waals surface area contributed by atoms with E-state index in [4.69, 9.17) is 5.73 Å². The van der Waals surface area contributed by atoms with Crippen molar-refractivity contribution in [3.05, 3.63) is 56.9 Å². The van der Waals surface area contributed by atoms with Gasteiger partial charge in [-0.2, -0.15) is 0 Å². The monoisotopic (exact) mass is 483 g/mol. The Morgan fingerprint density at radius 2 is 1.82 bits per heavy atom. The first-order valence-electron chi connectivity index (χ1n) is 10.9. The number of thiazole rings is 1. The van der Waals surface area contributed by atoms with Crippen molar-refractivity contribution in [3.8, 4) is 10.6 Å². The largest absolute Gasteiger partial charge is 0.365 e. The summed E-state index contributed by atoms with van der Waals surface area (Å²) in [4.78, 5) is 34.8. The molecule has 2 amide bonds. The predicted molar refractivity (Wildman–Crippen MR) is 135 cm³/mol. The van der Waals surface area contributed by atoms with Crippen molar-refractivity contribution in [2.45, 2.75) is 26.8 Å². The van der Waals surface area contributed by atoms with Gasteiger partial charge in [0.2, 0.25) is 5.91 Å². The number of amides is 2. The normalized spacial score (nSPS) is 15.0. The van der Waals surface area contributed by atoms with Crippen LogP contribution in [0.4, 0.5) is 5.00 Å². The van der Waals surface area contributed by atoms with E-state index in [1.54, 1.807) is 0 Å². The number of aryl methyl sites for hydroxylation is 1. The number of rotatable bonds is 7. The van der Waals surface area contributed by atoms with Crippen LogP contribution < -0.4 is 11.1 Å². The van der Waals surface area contributed by atoms with Crippen molar-refractivity contribution < 1.29 is 9.59 Å². The quantitative estimate of drug-likeness (QED) is 0.537. The highest BCUT2D eigenvalue weighted by molar-refractivity contribution is 7.16. The highest BCUT2D eigenvalue weighted by Gasteiger charge is 2.20. The number of likely N-dealkylation sites (N-methyl/N-ethyl adjacent to an activating group) is 1. The first-order chi connectivity index (χ1) is 15.8. The number of nitrogens with zero attached hydrogens (tertiary/aromatic N) is 3. The van der Waals surface area contributed by atoms with E-state index in [0.29, 0.717) is 16.3 Å². The molecule has 3 N–H and O–H groups in total. The minimum Gasteiger partial charge on any atom is -0.365 e. The molecule has 1 aliphatic heterocycles. The van der Waals surface area contributed by atoms with Crippen LogP contribution in [0.5, 0.6) is 0 Å². The highest BCUT2D eigenvalue weighted by atomic mass is 32.1. The van der Waals surface area contributed by atoms with Crippen molar-refractivity contribution in [3.63, 3.8) is 0 Å². The van der Waals surface area contributed by atoms with Crippen molar-refractivity contribution in [1.29, 1.82) is 0 Å². The zero-order chi connectivity index (χ0) is 23.5. The number of hydrogen-bond donors (Lipinski definition) is 2. The molecule has 7 nitrogen and oxygen atoms in total. The third kappa shape index (κ3) is 5.67. The molecule has 0 saturated carbocycles. The molecule has 9 heteroatoms. The zero-order valence-electron chi connectivity index (χ0n) is 19.2. The summed E-state index contributed by atoms with van der Waals surface area (Å²) in [7, 11) is 2.17. The number of carbonyl (C=O) groups is 2. The standard InChI is InChI=1S/C24H29N5O2S2/c1-15-16(2)33-24(21(15)22(25)31)27-20(30)12-19-14-32-23(26-19)18-6-4-17(5-7-18)13-29-10-8-28(3)9-11-29/h4-7,14H,8-13H2,1-3H3,(H2,25,31)(H,27,30). The second kappa shape index (κ2) is 10.1. The maximum Gasteiger partial charge on any atom is 0.251 e. The van der Waals surface area contributed by atoms with E-state index in [9.17, 15) is 9.59 Å². The van der Waals surface area contributed by atoms with Gasteiger partial charge in [0.1, 0.15) is 10.0 Å². The molecule has 174 valence electrons. The third-order valence-corrected chi connectivity index (χ3v) is 8.04. The van der Waals surface area contributed by atoms with Gasteiger partial charge in [-0.15, -0.1) is 22.7 Å². The molecule has 1 saturated heterocycles. The first kappa shape index (κ1) is 23.6. The van der Waals surface area contributed by atoms with Crippen LogP contribution in [0.3, 0.4) is 0 Å². The number of piperazine rings is 1. The van der Waals surface area contributed by atoms with Crippen LogP contribution in [0.15, 0.2) is 29.6 Å². The summed E-state index contributed by atoms with van der Waals surface area (Å²) in [5.41, 5.74) is 9.76. The molecule has 1 aliphatic rings. The Kier molecular flexibility index (Phi) is 7.23. The molecule has 0 radical (unpaired) electrons. The third-order valence-electron chi connectivity index (χ3n) is 5.98. The summed E-state index contributed by atoms with van der Waals surface area (Å²) >= 11 is 2.90. The van der Waals surface area contributed by atoms with Crippen LogP contribution in [-0.2, 0) is 17.8 Å². The van der Waals surface area contributed by atoms with Gasteiger partial charge in [0.05, 0.1) is 17.7 Å². The molecule has 0 atom stereocenters. The molecule has 0 unspecified atom stereocenters. The van der Waals surface area contributed by atoms with Crippen LogP contribution in [0.25, 0.3) is 10.6 Å². The molecule has 33 heavy (non-hydrogen) atoms. The molecule has 4 rings (SSSR count). The maximum atomic E-state index is 12.6. The van der Waals surface area contributed by atoms with Gasteiger partial charge in [-0.05, 0) is 32.0 Å². The van der Waals surface area contributed by atoms with Gasteiger partial charge < -0.3 is 16.0 Å². The van der Waals surface area contributed by atoms with Gasteiger partial charge in [-0.25, -0.2) is 4.98 Å².